The summed E-state index contributed by atoms with van der Waals surface area (Å²) >= 11 is 3.31. The summed E-state index contributed by atoms with van der Waals surface area (Å²) in [6.07, 6.45) is 1.61. The highest BCUT2D eigenvalue weighted by atomic mass is 79.9. The molecule has 0 radical (unpaired) electrons. The molecule has 1 heterocycles. The Kier molecular flexibility index (Phi) is 7.18. The molecule has 154 valence electrons. The van der Waals surface area contributed by atoms with Crippen molar-refractivity contribution in [2.45, 2.75) is 11.8 Å². The maximum atomic E-state index is 12.7. The number of hydrogen-bond donors (Lipinski definition) is 2. The number of carbonyl (C=O) groups is 1. The molecule has 2 aromatic rings. The standard InChI is InChI=1S/C20H23BrN4O3S/c1-16-2-4-17(5-3-16)14-22-23-20(26)15-24-10-12-25(13-11-24)29(27,28)19-8-6-18(21)7-9-19/h2-9,14H,10-13,15H2,1H3,(H,23,26)/p+1. The Morgan fingerprint density at radius 3 is 2.38 bits per heavy atom. The predicted octanol–water partition coefficient (Wildman–Crippen LogP) is 0.797. The van der Waals surface area contributed by atoms with Crippen LogP contribution in [0.5, 0.6) is 0 Å². The van der Waals surface area contributed by atoms with E-state index < -0.39 is 10.0 Å². The third-order valence-electron chi connectivity index (χ3n) is 4.77. The summed E-state index contributed by atoms with van der Waals surface area (Å²) in [4.78, 5) is 13.4. The van der Waals surface area contributed by atoms with Crippen LogP contribution in [0.2, 0.25) is 0 Å². The van der Waals surface area contributed by atoms with Crippen molar-refractivity contribution < 1.29 is 18.1 Å². The average Bonchev–Trinajstić information content (AvgIpc) is 2.70. The molecule has 0 spiro atoms. The van der Waals surface area contributed by atoms with Crippen molar-refractivity contribution in [1.29, 1.82) is 0 Å². The molecule has 1 fully saturated rings. The van der Waals surface area contributed by atoms with Crippen LogP contribution in [0.15, 0.2) is 63.0 Å². The molecular formula is C20H24BrN4O3S+. The fourth-order valence-corrected chi connectivity index (χ4v) is 4.78. The van der Waals surface area contributed by atoms with Crippen LogP contribution < -0.4 is 10.3 Å². The van der Waals surface area contributed by atoms with E-state index in [1.54, 1.807) is 30.5 Å². The van der Waals surface area contributed by atoms with E-state index in [1.807, 2.05) is 31.2 Å². The largest absolute Gasteiger partial charge is 0.325 e. The Hall–Kier alpha value is -2.07. The Morgan fingerprint density at radius 1 is 1.14 bits per heavy atom. The fourth-order valence-electron chi connectivity index (χ4n) is 3.07. The molecule has 0 saturated carbocycles. The second kappa shape index (κ2) is 9.62. The molecular weight excluding hydrogens is 456 g/mol. The Bertz CT molecular complexity index is 968. The summed E-state index contributed by atoms with van der Waals surface area (Å²) < 4.78 is 27.8. The van der Waals surface area contributed by atoms with Crippen molar-refractivity contribution in [3.05, 3.63) is 64.1 Å². The third kappa shape index (κ3) is 5.96. The maximum absolute atomic E-state index is 12.7. The minimum Gasteiger partial charge on any atom is -0.325 e. The molecule has 0 aromatic heterocycles. The van der Waals surface area contributed by atoms with E-state index >= 15 is 0 Å². The second-order valence-corrected chi connectivity index (χ2v) is 9.84. The van der Waals surface area contributed by atoms with Gasteiger partial charge in [-0.05, 0) is 36.8 Å². The number of aryl methyl sites for hydroxylation is 1. The summed E-state index contributed by atoms with van der Waals surface area (Å²) in [7, 11) is -3.50. The van der Waals surface area contributed by atoms with Crippen LogP contribution in [0.3, 0.4) is 0 Å². The van der Waals surface area contributed by atoms with Crippen LogP contribution in [0.1, 0.15) is 11.1 Å². The van der Waals surface area contributed by atoms with Crippen molar-refractivity contribution in [2.24, 2.45) is 5.10 Å². The number of amides is 1. The van der Waals surface area contributed by atoms with Crippen LogP contribution in [-0.4, -0.2) is 57.6 Å². The normalized spacial score (nSPS) is 16.2. The number of piperazine rings is 1. The monoisotopic (exact) mass is 479 g/mol. The molecule has 1 aliphatic rings. The van der Waals surface area contributed by atoms with E-state index in [4.69, 9.17) is 0 Å². The highest BCUT2D eigenvalue weighted by Gasteiger charge is 2.31. The van der Waals surface area contributed by atoms with Gasteiger partial charge in [0.2, 0.25) is 10.0 Å². The van der Waals surface area contributed by atoms with E-state index in [0.717, 1.165) is 20.5 Å². The summed E-state index contributed by atoms with van der Waals surface area (Å²) in [5.41, 5.74) is 4.61. The van der Waals surface area contributed by atoms with Crippen LogP contribution >= 0.6 is 15.9 Å². The zero-order chi connectivity index (χ0) is 20.9. The van der Waals surface area contributed by atoms with Gasteiger partial charge >= 0.3 is 0 Å². The topological polar surface area (TPSA) is 83.3 Å². The number of quaternary nitrogens is 1. The summed E-state index contributed by atoms with van der Waals surface area (Å²) in [5, 5.41) is 3.99. The lowest BCUT2D eigenvalue weighted by molar-refractivity contribution is -0.895. The van der Waals surface area contributed by atoms with E-state index in [0.29, 0.717) is 26.2 Å². The lowest BCUT2D eigenvalue weighted by Gasteiger charge is -2.31. The number of hydrazone groups is 1. The molecule has 1 amide bonds. The van der Waals surface area contributed by atoms with Crippen molar-refractivity contribution >= 4 is 38.1 Å². The van der Waals surface area contributed by atoms with Gasteiger partial charge in [-0.3, -0.25) is 4.79 Å². The van der Waals surface area contributed by atoms with Crippen molar-refractivity contribution in [1.82, 2.24) is 9.73 Å². The molecule has 3 rings (SSSR count). The Labute approximate surface area is 179 Å². The Morgan fingerprint density at radius 2 is 1.76 bits per heavy atom. The maximum Gasteiger partial charge on any atom is 0.295 e. The van der Waals surface area contributed by atoms with Gasteiger partial charge in [0.1, 0.15) is 0 Å². The van der Waals surface area contributed by atoms with E-state index in [9.17, 15) is 13.2 Å². The van der Waals surface area contributed by atoms with E-state index in [1.165, 1.54) is 4.31 Å². The van der Waals surface area contributed by atoms with Gasteiger partial charge in [-0.25, -0.2) is 13.8 Å². The molecule has 2 aromatic carbocycles. The molecule has 2 N–H and O–H groups in total. The van der Waals surface area contributed by atoms with Crippen LogP contribution in [0.25, 0.3) is 0 Å². The van der Waals surface area contributed by atoms with Gasteiger partial charge in [-0.1, -0.05) is 45.8 Å². The summed E-state index contributed by atoms with van der Waals surface area (Å²) in [5.74, 6) is -0.187. The molecule has 1 aliphatic heterocycles. The van der Waals surface area contributed by atoms with Gasteiger partial charge < -0.3 is 4.90 Å². The van der Waals surface area contributed by atoms with Crippen LogP contribution in [0.4, 0.5) is 0 Å². The van der Waals surface area contributed by atoms with E-state index in [2.05, 4.69) is 26.5 Å². The fraction of sp³-hybridized carbons (Fsp3) is 0.300. The average molecular weight is 480 g/mol. The zero-order valence-electron chi connectivity index (χ0n) is 16.1. The van der Waals surface area contributed by atoms with Gasteiger partial charge in [0.05, 0.1) is 37.3 Å². The van der Waals surface area contributed by atoms with Crippen molar-refractivity contribution in [3.8, 4) is 0 Å². The Balaban J connectivity index is 1.47. The van der Waals surface area contributed by atoms with Gasteiger partial charge in [-0.15, -0.1) is 0 Å². The molecule has 0 atom stereocenters. The van der Waals surface area contributed by atoms with Crippen molar-refractivity contribution in [2.75, 3.05) is 32.7 Å². The second-order valence-electron chi connectivity index (χ2n) is 6.99. The molecule has 1 saturated heterocycles. The first-order valence-electron chi connectivity index (χ1n) is 9.32. The molecule has 7 nitrogen and oxygen atoms in total. The van der Waals surface area contributed by atoms with Gasteiger partial charge in [0.15, 0.2) is 6.54 Å². The molecule has 29 heavy (non-hydrogen) atoms. The quantitative estimate of drug-likeness (QED) is 0.474. The number of sulfonamides is 1. The summed E-state index contributed by atoms with van der Waals surface area (Å²) in [6, 6.07) is 14.5. The highest BCUT2D eigenvalue weighted by Crippen LogP contribution is 2.18. The SMILES string of the molecule is Cc1ccc(C=NNC(=O)C[NH+]2CCN(S(=O)(=O)c3ccc(Br)cc3)CC2)cc1. The van der Waals surface area contributed by atoms with Crippen LogP contribution in [0, 0.1) is 6.92 Å². The molecule has 9 heteroatoms. The van der Waals surface area contributed by atoms with Crippen molar-refractivity contribution in [3.63, 3.8) is 0 Å². The number of nitrogens with zero attached hydrogens (tertiary/aromatic N) is 2. The third-order valence-corrected chi connectivity index (χ3v) is 7.21. The minimum atomic E-state index is -3.50. The number of carbonyl (C=O) groups excluding carboxylic acids is 1. The number of benzene rings is 2. The number of hydrogen-bond acceptors (Lipinski definition) is 4. The highest BCUT2D eigenvalue weighted by molar-refractivity contribution is 9.10. The summed E-state index contributed by atoms with van der Waals surface area (Å²) in [6.45, 7) is 4.18. The number of halogens is 1. The lowest BCUT2D eigenvalue weighted by Crippen LogP contribution is -3.15. The number of nitrogens with one attached hydrogen (secondary N) is 2. The molecule has 0 bridgehead atoms. The van der Waals surface area contributed by atoms with Gasteiger partial charge in [-0.2, -0.15) is 9.41 Å². The number of rotatable bonds is 6. The van der Waals surface area contributed by atoms with Gasteiger partial charge in [0, 0.05) is 4.47 Å². The predicted molar refractivity (Wildman–Crippen MR) is 115 cm³/mol. The zero-order valence-corrected chi connectivity index (χ0v) is 18.5. The van der Waals surface area contributed by atoms with Gasteiger partial charge in [0.25, 0.3) is 5.91 Å². The first kappa shape index (κ1) is 21.6. The van der Waals surface area contributed by atoms with E-state index in [-0.39, 0.29) is 17.3 Å². The molecule has 0 unspecified atom stereocenters. The van der Waals surface area contributed by atoms with Crippen LogP contribution in [-0.2, 0) is 14.8 Å². The lowest BCUT2D eigenvalue weighted by atomic mass is 10.2. The first-order valence-corrected chi connectivity index (χ1v) is 11.6. The molecule has 0 aliphatic carbocycles. The first-order chi connectivity index (χ1) is 13.8. The smallest absolute Gasteiger partial charge is 0.295 e. The minimum absolute atomic E-state index is 0.187.